The summed E-state index contributed by atoms with van der Waals surface area (Å²) >= 11 is 0. The van der Waals surface area contributed by atoms with E-state index in [1.165, 1.54) is 23.1 Å². The van der Waals surface area contributed by atoms with Gasteiger partial charge in [0.25, 0.3) is 9.84 Å². The minimum absolute atomic E-state index is 0.0142. The van der Waals surface area contributed by atoms with Crippen LogP contribution in [0.4, 0.5) is 18.9 Å². The van der Waals surface area contributed by atoms with Gasteiger partial charge in [-0.05, 0) is 12.1 Å². The summed E-state index contributed by atoms with van der Waals surface area (Å²) in [6.45, 7) is -0.0283. The summed E-state index contributed by atoms with van der Waals surface area (Å²) in [6, 6.07) is 4.69. The maximum absolute atomic E-state index is 12.6. The first-order chi connectivity index (χ1) is 9.14. The maximum Gasteiger partial charge on any atom is 0.501 e. The lowest BCUT2D eigenvalue weighted by Crippen LogP contribution is -2.51. The molecule has 0 radical (unpaired) electrons. The quantitative estimate of drug-likeness (QED) is 0.916. The average molecular weight is 309 g/mol. The van der Waals surface area contributed by atoms with Crippen molar-refractivity contribution in [2.75, 3.05) is 18.0 Å². The predicted molar refractivity (Wildman–Crippen MR) is 63.0 cm³/mol. The van der Waals surface area contributed by atoms with Crippen molar-refractivity contribution in [2.45, 2.75) is 10.4 Å². The number of para-hydroxylation sites is 1. The van der Waals surface area contributed by atoms with E-state index in [4.69, 9.17) is 5.11 Å². The molecule has 5 nitrogen and oxygen atoms in total. The second-order valence-corrected chi connectivity index (χ2v) is 6.27. The molecule has 0 aromatic heterocycles. The van der Waals surface area contributed by atoms with Crippen LogP contribution in [0.1, 0.15) is 0 Å². The van der Waals surface area contributed by atoms with E-state index in [9.17, 15) is 26.4 Å². The van der Waals surface area contributed by atoms with Crippen LogP contribution < -0.4 is 4.90 Å². The second kappa shape index (κ2) is 4.65. The third kappa shape index (κ3) is 2.33. The van der Waals surface area contributed by atoms with Gasteiger partial charge in [-0.2, -0.15) is 13.2 Å². The van der Waals surface area contributed by atoms with Crippen molar-refractivity contribution in [1.29, 1.82) is 0 Å². The van der Waals surface area contributed by atoms with Crippen LogP contribution in [-0.4, -0.2) is 38.1 Å². The number of alkyl halides is 3. The third-order valence-corrected chi connectivity index (χ3v) is 4.56. The Hall–Kier alpha value is -1.77. The van der Waals surface area contributed by atoms with E-state index in [1.54, 1.807) is 0 Å². The molecule has 1 heterocycles. The summed E-state index contributed by atoms with van der Waals surface area (Å²) in [4.78, 5) is 11.1. The molecule has 1 fully saturated rings. The molecule has 0 spiro atoms. The Bertz CT molecular complexity index is 635. The summed E-state index contributed by atoms with van der Waals surface area (Å²) < 4.78 is 60.7. The Kier molecular flexibility index (Phi) is 3.41. The molecule has 1 aliphatic heterocycles. The van der Waals surface area contributed by atoms with Gasteiger partial charge in [0.1, 0.15) is 0 Å². The monoisotopic (exact) mass is 309 g/mol. The standard InChI is InChI=1S/C11H10F3NO4S/c12-11(13,14)20(18,19)9-4-2-1-3-8(9)15-5-7(6-15)10(16)17/h1-4,7H,5-6H2,(H,16,17). The lowest BCUT2D eigenvalue weighted by molar-refractivity contribution is -0.142. The number of halogens is 3. The molecule has 1 aliphatic rings. The Morgan fingerprint density at radius 1 is 1.25 bits per heavy atom. The number of anilines is 1. The van der Waals surface area contributed by atoms with E-state index >= 15 is 0 Å². The molecule has 0 bridgehead atoms. The summed E-state index contributed by atoms with van der Waals surface area (Å²) in [6.07, 6.45) is 0. The number of aliphatic carboxylic acids is 1. The van der Waals surface area contributed by atoms with E-state index in [2.05, 4.69) is 0 Å². The fourth-order valence-electron chi connectivity index (χ4n) is 1.90. The minimum Gasteiger partial charge on any atom is -0.481 e. The molecule has 110 valence electrons. The molecular formula is C11H10F3NO4S. The van der Waals surface area contributed by atoms with Crippen LogP contribution >= 0.6 is 0 Å². The van der Waals surface area contributed by atoms with Gasteiger partial charge in [0.05, 0.1) is 16.5 Å². The van der Waals surface area contributed by atoms with Crippen LogP contribution in [-0.2, 0) is 14.6 Å². The van der Waals surface area contributed by atoms with Gasteiger partial charge in [-0.3, -0.25) is 4.79 Å². The molecule has 0 saturated carbocycles. The molecule has 0 atom stereocenters. The van der Waals surface area contributed by atoms with Crippen molar-refractivity contribution in [3.63, 3.8) is 0 Å². The topological polar surface area (TPSA) is 74.7 Å². The van der Waals surface area contributed by atoms with Crippen molar-refractivity contribution >= 4 is 21.5 Å². The highest BCUT2D eigenvalue weighted by Gasteiger charge is 2.49. The highest BCUT2D eigenvalue weighted by atomic mass is 32.2. The predicted octanol–water partition coefficient (Wildman–Crippen LogP) is 1.50. The second-order valence-electron chi connectivity index (χ2n) is 4.36. The van der Waals surface area contributed by atoms with Crippen molar-refractivity contribution in [1.82, 2.24) is 0 Å². The molecule has 2 rings (SSSR count). The SMILES string of the molecule is O=C(O)C1CN(c2ccccc2S(=O)(=O)C(F)(F)F)C1. The Morgan fingerprint density at radius 2 is 1.80 bits per heavy atom. The number of carbonyl (C=O) groups is 1. The lowest BCUT2D eigenvalue weighted by atomic mass is 10.00. The zero-order valence-electron chi connectivity index (χ0n) is 9.96. The van der Waals surface area contributed by atoms with E-state index in [0.29, 0.717) is 0 Å². The molecule has 0 unspecified atom stereocenters. The fourth-order valence-corrected chi connectivity index (χ4v) is 2.88. The molecule has 9 heteroatoms. The number of benzene rings is 1. The zero-order chi connectivity index (χ0) is 15.1. The number of hydrogen-bond donors (Lipinski definition) is 1. The van der Waals surface area contributed by atoms with Gasteiger partial charge in [0, 0.05) is 13.1 Å². The minimum atomic E-state index is -5.46. The van der Waals surface area contributed by atoms with Crippen LogP contribution in [0.15, 0.2) is 29.2 Å². The Morgan fingerprint density at radius 3 is 2.30 bits per heavy atom. The normalized spacial score (nSPS) is 16.9. The van der Waals surface area contributed by atoms with Gasteiger partial charge in [0.2, 0.25) is 0 Å². The molecule has 1 N–H and O–H groups in total. The zero-order valence-corrected chi connectivity index (χ0v) is 10.8. The van der Waals surface area contributed by atoms with Crippen LogP contribution in [0, 0.1) is 5.92 Å². The fraction of sp³-hybridized carbons (Fsp3) is 0.364. The summed E-state index contributed by atoms with van der Waals surface area (Å²) in [5.74, 6) is -1.76. The smallest absolute Gasteiger partial charge is 0.481 e. The first kappa shape index (κ1) is 14.6. The summed E-state index contributed by atoms with van der Waals surface area (Å²) in [5, 5.41) is 8.73. The van der Waals surface area contributed by atoms with Gasteiger partial charge < -0.3 is 10.0 Å². The van der Waals surface area contributed by atoms with Crippen LogP contribution in [0.5, 0.6) is 0 Å². The number of rotatable bonds is 3. The highest BCUT2D eigenvalue weighted by Crippen LogP contribution is 2.37. The third-order valence-electron chi connectivity index (χ3n) is 3.03. The van der Waals surface area contributed by atoms with Crippen molar-refractivity contribution in [3.05, 3.63) is 24.3 Å². The molecule has 0 aliphatic carbocycles. The van der Waals surface area contributed by atoms with Gasteiger partial charge in [-0.1, -0.05) is 12.1 Å². The maximum atomic E-state index is 12.6. The van der Waals surface area contributed by atoms with E-state index in [0.717, 1.165) is 6.07 Å². The van der Waals surface area contributed by atoms with E-state index in [-0.39, 0.29) is 18.8 Å². The first-order valence-corrected chi connectivity index (χ1v) is 7.01. The number of nitrogens with zero attached hydrogens (tertiary/aromatic N) is 1. The molecule has 20 heavy (non-hydrogen) atoms. The van der Waals surface area contributed by atoms with Crippen LogP contribution in [0.2, 0.25) is 0 Å². The molecular weight excluding hydrogens is 299 g/mol. The van der Waals surface area contributed by atoms with E-state index < -0.39 is 32.1 Å². The van der Waals surface area contributed by atoms with E-state index in [1.807, 2.05) is 0 Å². The highest BCUT2D eigenvalue weighted by molar-refractivity contribution is 7.92. The Balaban J connectivity index is 2.37. The Labute approximate surface area is 112 Å². The van der Waals surface area contributed by atoms with Crippen molar-refractivity contribution < 1.29 is 31.5 Å². The molecule has 1 aromatic carbocycles. The van der Waals surface area contributed by atoms with Gasteiger partial charge in [0.15, 0.2) is 0 Å². The van der Waals surface area contributed by atoms with Gasteiger partial charge in [-0.25, -0.2) is 8.42 Å². The molecule has 0 amide bonds. The first-order valence-electron chi connectivity index (χ1n) is 5.52. The summed E-state index contributed by atoms with van der Waals surface area (Å²) in [7, 11) is -5.46. The van der Waals surface area contributed by atoms with Crippen LogP contribution in [0.25, 0.3) is 0 Å². The van der Waals surface area contributed by atoms with Gasteiger partial charge >= 0.3 is 11.5 Å². The molecule has 1 aromatic rings. The molecule has 1 saturated heterocycles. The number of carboxylic acids is 1. The van der Waals surface area contributed by atoms with Crippen molar-refractivity contribution in [3.8, 4) is 0 Å². The van der Waals surface area contributed by atoms with Crippen LogP contribution in [0.3, 0.4) is 0 Å². The lowest BCUT2D eigenvalue weighted by Gasteiger charge is -2.39. The number of hydrogen-bond acceptors (Lipinski definition) is 4. The van der Waals surface area contributed by atoms with Crippen molar-refractivity contribution in [2.24, 2.45) is 5.92 Å². The number of sulfone groups is 1. The van der Waals surface area contributed by atoms with Gasteiger partial charge in [-0.15, -0.1) is 0 Å². The number of carboxylic acid groups (broad SMARTS) is 1. The summed E-state index contributed by atoms with van der Waals surface area (Å²) in [5.41, 5.74) is -5.51. The largest absolute Gasteiger partial charge is 0.501 e. The average Bonchev–Trinajstić information content (AvgIpc) is 2.25.